The van der Waals surface area contributed by atoms with Gasteiger partial charge in [0.15, 0.2) is 11.5 Å². The molecule has 0 fully saturated rings. The number of carbonyl (C=O) groups is 1. The Kier molecular flexibility index (Phi) is 6.36. The third-order valence-corrected chi connectivity index (χ3v) is 3.72. The van der Waals surface area contributed by atoms with Crippen molar-refractivity contribution < 1.29 is 14.3 Å². The summed E-state index contributed by atoms with van der Waals surface area (Å²) in [5.41, 5.74) is 2.16. The number of hydrogen-bond donors (Lipinski definition) is 0. The lowest BCUT2D eigenvalue weighted by molar-refractivity contribution is 0.103. The molecule has 0 saturated heterocycles. The summed E-state index contributed by atoms with van der Waals surface area (Å²) in [6, 6.07) is 14.6. The smallest absolute Gasteiger partial charge is 0.203 e. The summed E-state index contributed by atoms with van der Waals surface area (Å²) in [7, 11) is 1.56. The van der Waals surface area contributed by atoms with E-state index in [2.05, 4.69) is 0 Å². The number of allylic oxidation sites excluding steroid dienone is 1. The Morgan fingerprint density at radius 1 is 1.20 bits per heavy atom. The second kappa shape index (κ2) is 8.70. The number of hydrogen-bond acceptors (Lipinski definition) is 4. The van der Waals surface area contributed by atoms with Crippen LogP contribution in [0.15, 0.2) is 48.0 Å². The molecule has 2 rings (SSSR count). The molecule has 0 aromatic heterocycles. The number of carbonyl (C=O) groups excluding carboxylic acids is 1. The van der Waals surface area contributed by atoms with Gasteiger partial charge in [-0.15, -0.1) is 0 Å². The molecular formula is C21H21NO3. The summed E-state index contributed by atoms with van der Waals surface area (Å²) >= 11 is 0. The first-order valence-corrected chi connectivity index (χ1v) is 8.13. The van der Waals surface area contributed by atoms with Crippen molar-refractivity contribution in [2.24, 2.45) is 0 Å². The summed E-state index contributed by atoms with van der Waals surface area (Å²) < 4.78 is 11.0. The minimum absolute atomic E-state index is 0.0820. The first-order valence-electron chi connectivity index (χ1n) is 8.13. The first kappa shape index (κ1) is 18.3. The van der Waals surface area contributed by atoms with Gasteiger partial charge in [0.1, 0.15) is 11.6 Å². The SMILES string of the molecule is CCCOc1ccc(/C=C(\C#N)C(=O)c2ccccc2C)cc1OC. The third kappa shape index (κ3) is 4.48. The average molecular weight is 335 g/mol. The monoisotopic (exact) mass is 335 g/mol. The fraction of sp³-hybridized carbons (Fsp3) is 0.238. The maximum atomic E-state index is 12.6. The van der Waals surface area contributed by atoms with Crippen LogP contribution in [-0.4, -0.2) is 19.5 Å². The van der Waals surface area contributed by atoms with E-state index in [1.54, 1.807) is 43.5 Å². The van der Waals surface area contributed by atoms with Crippen molar-refractivity contribution in [3.8, 4) is 17.6 Å². The van der Waals surface area contributed by atoms with Crippen molar-refractivity contribution in [3.05, 3.63) is 64.7 Å². The number of benzene rings is 2. The van der Waals surface area contributed by atoms with E-state index in [1.807, 2.05) is 32.0 Å². The molecule has 0 radical (unpaired) electrons. The van der Waals surface area contributed by atoms with Crippen molar-refractivity contribution in [1.29, 1.82) is 5.26 Å². The predicted molar refractivity (Wildman–Crippen MR) is 97.9 cm³/mol. The summed E-state index contributed by atoms with van der Waals surface area (Å²) in [6.45, 7) is 4.48. The summed E-state index contributed by atoms with van der Waals surface area (Å²) in [5, 5.41) is 9.41. The molecular weight excluding hydrogens is 314 g/mol. The summed E-state index contributed by atoms with van der Waals surface area (Å²) in [6.07, 6.45) is 2.47. The van der Waals surface area contributed by atoms with Gasteiger partial charge in [0.25, 0.3) is 0 Å². The Balaban J connectivity index is 2.35. The number of Topliss-reactive ketones (excluding diaryl/α,β-unsaturated/α-hetero) is 1. The van der Waals surface area contributed by atoms with Gasteiger partial charge in [0.05, 0.1) is 13.7 Å². The van der Waals surface area contributed by atoms with E-state index in [0.717, 1.165) is 12.0 Å². The number of methoxy groups -OCH3 is 1. The van der Waals surface area contributed by atoms with Crippen LogP contribution in [0.5, 0.6) is 11.5 Å². The van der Waals surface area contributed by atoms with Crippen LogP contribution in [0.2, 0.25) is 0 Å². The highest BCUT2D eigenvalue weighted by Gasteiger charge is 2.14. The standard InChI is InChI=1S/C21H21NO3/c1-4-11-25-19-10-9-16(13-20(19)24-3)12-17(14-22)21(23)18-8-6-5-7-15(18)2/h5-10,12-13H,4,11H2,1-3H3/b17-12+. The van der Waals surface area contributed by atoms with Gasteiger partial charge in [0.2, 0.25) is 5.78 Å². The Morgan fingerprint density at radius 3 is 2.60 bits per heavy atom. The number of nitriles is 1. The molecule has 0 amide bonds. The molecule has 0 unspecified atom stereocenters. The highest BCUT2D eigenvalue weighted by Crippen LogP contribution is 2.29. The van der Waals surface area contributed by atoms with Crippen molar-refractivity contribution in [3.63, 3.8) is 0 Å². The quantitative estimate of drug-likeness (QED) is 0.422. The van der Waals surface area contributed by atoms with Crippen LogP contribution >= 0.6 is 0 Å². The van der Waals surface area contributed by atoms with E-state index in [0.29, 0.717) is 29.2 Å². The van der Waals surface area contributed by atoms with Crippen molar-refractivity contribution in [2.75, 3.05) is 13.7 Å². The molecule has 0 aliphatic heterocycles. The largest absolute Gasteiger partial charge is 0.493 e. The van der Waals surface area contributed by atoms with Gasteiger partial charge in [-0.1, -0.05) is 37.3 Å². The second-order valence-corrected chi connectivity index (χ2v) is 5.57. The van der Waals surface area contributed by atoms with Crippen LogP contribution in [-0.2, 0) is 0 Å². The Bertz CT molecular complexity index is 831. The van der Waals surface area contributed by atoms with Crippen LogP contribution in [0.4, 0.5) is 0 Å². The molecule has 25 heavy (non-hydrogen) atoms. The third-order valence-electron chi connectivity index (χ3n) is 3.72. The zero-order valence-electron chi connectivity index (χ0n) is 14.7. The van der Waals surface area contributed by atoms with Crippen LogP contribution in [0.1, 0.15) is 34.8 Å². The molecule has 0 spiro atoms. The zero-order valence-corrected chi connectivity index (χ0v) is 14.7. The Labute approximate surface area is 148 Å². The lowest BCUT2D eigenvalue weighted by Gasteiger charge is -2.10. The van der Waals surface area contributed by atoms with E-state index in [1.165, 1.54) is 0 Å². The van der Waals surface area contributed by atoms with Crippen LogP contribution in [0, 0.1) is 18.3 Å². The van der Waals surface area contributed by atoms with Gasteiger partial charge < -0.3 is 9.47 Å². The Hall–Kier alpha value is -3.06. The number of nitrogens with zero attached hydrogens (tertiary/aromatic N) is 1. The molecule has 0 aliphatic rings. The molecule has 0 aliphatic carbocycles. The highest BCUT2D eigenvalue weighted by atomic mass is 16.5. The average Bonchev–Trinajstić information content (AvgIpc) is 2.64. The predicted octanol–water partition coefficient (Wildman–Crippen LogP) is 4.58. The number of ketones is 1. The van der Waals surface area contributed by atoms with Crippen molar-refractivity contribution >= 4 is 11.9 Å². The first-order chi connectivity index (χ1) is 12.1. The molecule has 2 aromatic carbocycles. The van der Waals surface area contributed by atoms with Gasteiger partial charge in [0, 0.05) is 5.56 Å². The lowest BCUT2D eigenvalue weighted by atomic mass is 9.98. The zero-order chi connectivity index (χ0) is 18.2. The minimum Gasteiger partial charge on any atom is -0.493 e. The normalized spacial score (nSPS) is 10.9. The van der Waals surface area contributed by atoms with Crippen molar-refractivity contribution in [1.82, 2.24) is 0 Å². The molecule has 4 nitrogen and oxygen atoms in total. The van der Waals surface area contributed by atoms with E-state index in [4.69, 9.17) is 9.47 Å². The molecule has 128 valence electrons. The van der Waals surface area contributed by atoms with Gasteiger partial charge in [-0.2, -0.15) is 5.26 Å². The van der Waals surface area contributed by atoms with Gasteiger partial charge in [-0.25, -0.2) is 0 Å². The highest BCUT2D eigenvalue weighted by molar-refractivity contribution is 6.14. The van der Waals surface area contributed by atoms with Gasteiger partial charge in [-0.3, -0.25) is 4.79 Å². The fourth-order valence-corrected chi connectivity index (χ4v) is 2.39. The topological polar surface area (TPSA) is 59.3 Å². The van der Waals surface area contributed by atoms with E-state index in [9.17, 15) is 10.1 Å². The van der Waals surface area contributed by atoms with Crippen LogP contribution < -0.4 is 9.47 Å². The summed E-state index contributed by atoms with van der Waals surface area (Å²) in [4.78, 5) is 12.6. The van der Waals surface area contributed by atoms with E-state index in [-0.39, 0.29) is 11.4 Å². The van der Waals surface area contributed by atoms with Crippen molar-refractivity contribution in [2.45, 2.75) is 20.3 Å². The molecule has 0 bridgehead atoms. The van der Waals surface area contributed by atoms with E-state index >= 15 is 0 Å². The number of ether oxygens (including phenoxy) is 2. The minimum atomic E-state index is -0.286. The van der Waals surface area contributed by atoms with Crippen LogP contribution in [0.25, 0.3) is 6.08 Å². The fourth-order valence-electron chi connectivity index (χ4n) is 2.39. The van der Waals surface area contributed by atoms with Gasteiger partial charge in [-0.05, 0) is 42.7 Å². The molecule has 0 saturated carbocycles. The number of rotatable bonds is 7. The Morgan fingerprint density at radius 2 is 1.96 bits per heavy atom. The van der Waals surface area contributed by atoms with Gasteiger partial charge >= 0.3 is 0 Å². The van der Waals surface area contributed by atoms with Crippen LogP contribution in [0.3, 0.4) is 0 Å². The molecule has 0 atom stereocenters. The molecule has 4 heteroatoms. The van der Waals surface area contributed by atoms with E-state index < -0.39 is 0 Å². The second-order valence-electron chi connectivity index (χ2n) is 5.57. The number of aryl methyl sites for hydroxylation is 1. The molecule has 0 heterocycles. The lowest BCUT2D eigenvalue weighted by Crippen LogP contribution is -2.04. The molecule has 2 aromatic rings. The maximum Gasteiger partial charge on any atom is 0.203 e. The molecule has 0 N–H and O–H groups in total. The maximum absolute atomic E-state index is 12.6. The summed E-state index contributed by atoms with van der Waals surface area (Å²) in [5.74, 6) is 0.930.